The van der Waals surface area contributed by atoms with Gasteiger partial charge in [0, 0.05) is 23.6 Å². The number of hydrogen-bond donors (Lipinski definition) is 1. The molecule has 0 saturated heterocycles. The quantitative estimate of drug-likeness (QED) is 0.544. The van der Waals surface area contributed by atoms with Crippen molar-refractivity contribution < 1.29 is 9.53 Å². The standard InChI is InChI=1S/C20H19N7O2/c1-14-23-24-25-27(14)18-12-17(8-9-19(18)29-2)22-20(28)16-6-4-15(5-7-16)13-26-11-3-10-21-26/h3-12H,13H2,1-2H3,(H,22,28). The fourth-order valence-corrected chi connectivity index (χ4v) is 2.93. The van der Waals surface area contributed by atoms with Gasteiger partial charge in [-0.25, -0.2) is 0 Å². The molecule has 0 fully saturated rings. The molecule has 29 heavy (non-hydrogen) atoms. The lowest BCUT2D eigenvalue weighted by molar-refractivity contribution is 0.102. The van der Waals surface area contributed by atoms with E-state index >= 15 is 0 Å². The third-order valence-electron chi connectivity index (χ3n) is 4.41. The molecule has 2 aromatic carbocycles. The first kappa shape index (κ1) is 18.4. The third-order valence-corrected chi connectivity index (χ3v) is 4.41. The smallest absolute Gasteiger partial charge is 0.255 e. The topological polar surface area (TPSA) is 99.8 Å². The number of amides is 1. The number of carbonyl (C=O) groups excluding carboxylic acids is 1. The van der Waals surface area contributed by atoms with Crippen molar-refractivity contribution in [2.45, 2.75) is 13.5 Å². The molecule has 9 heteroatoms. The molecule has 1 amide bonds. The lowest BCUT2D eigenvalue weighted by atomic mass is 10.1. The minimum absolute atomic E-state index is 0.208. The first-order valence-electron chi connectivity index (χ1n) is 8.95. The molecule has 4 aromatic rings. The highest BCUT2D eigenvalue weighted by Crippen LogP contribution is 2.26. The van der Waals surface area contributed by atoms with Gasteiger partial charge in [0.1, 0.15) is 11.4 Å². The number of aromatic nitrogens is 6. The van der Waals surface area contributed by atoms with Gasteiger partial charge in [-0.2, -0.15) is 9.78 Å². The van der Waals surface area contributed by atoms with Crippen LogP contribution in [-0.2, 0) is 6.54 Å². The highest BCUT2D eigenvalue weighted by Gasteiger charge is 2.13. The van der Waals surface area contributed by atoms with Crippen molar-refractivity contribution in [1.29, 1.82) is 0 Å². The SMILES string of the molecule is COc1ccc(NC(=O)c2ccc(Cn3cccn3)cc2)cc1-n1nnnc1C. The molecule has 1 N–H and O–H groups in total. The van der Waals surface area contributed by atoms with Crippen molar-refractivity contribution >= 4 is 11.6 Å². The van der Waals surface area contributed by atoms with Crippen LogP contribution in [0.4, 0.5) is 5.69 Å². The number of hydrogen-bond acceptors (Lipinski definition) is 6. The molecular weight excluding hydrogens is 370 g/mol. The van der Waals surface area contributed by atoms with Crippen molar-refractivity contribution in [3.63, 3.8) is 0 Å². The minimum atomic E-state index is -0.208. The fraction of sp³-hybridized carbons (Fsp3) is 0.150. The normalized spacial score (nSPS) is 10.7. The summed E-state index contributed by atoms with van der Waals surface area (Å²) in [7, 11) is 1.57. The number of benzene rings is 2. The van der Waals surface area contributed by atoms with Crippen LogP contribution in [0.1, 0.15) is 21.7 Å². The van der Waals surface area contributed by atoms with Gasteiger partial charge in [0.15, 0.2) is 5.82 Å². The van der Waals surface area contributed by atoms with E-state index in [1.54, 1.807) is 55.2 Å². The molecule has 146 valence electrons. The van der Waals surface area contributed by atoms with Crippen molar-refractivity contribution in [3.8, 4) is 11.4 Å². The summed E-state index contributed by atoms with van der Waals surface area (Å²) in [5.74, 6) is 1.00. The lowest BCUT2D eigenvalue weighted by Gasteiger charge is -2.12. The number of ether oxygens (including phenoxy) is 1. The fourth-order valence-electron chi connectivity index (χ4n) is 2.93. The first-order chi connectivity index (χ1) is 14.1. The van der Waals surface area contributed by atoms with Gasteiger partial charge >= 0.3 is 0 Å². The van der Waals surface area contributed by atoms with Gasteiger partial charge < -0.3 is 10.1 Å². The Labute approximate surface area is 166 Å². The molecule has 2 aromatic heterocycles. The summed E-state index contributed by atoms with van der Waals surface area (Å²) < 4.78 is 8.77. The van der Waals surface area contributed by atoms with Crippen LogP contribution in [0.2, 0.25) is 0 Å². The summed E-state index contributed by atoms with van der Waals surface area (Å²) in [6.45, 7) is 2.44. The molecule has 9 nitrogen and oxygen atoms in total. The van der Waals surface area contributed by atoms with Crippen molar-refractivity contribution in [1.82, 2.24) is 30.0 Å². The van der Waals surface area contributed by atoms with Crippen LogP contribution in [0.15, 0.2) is 60.9 Å². The van der Waals surface area contributed by atoms with Gasteiger partial charge in [-0.15, -0.1) is 5.10 Å². The van der Waals surface area contributed by atoms with Crippen molar-refractivity contribution in [2.24, 2.45) is 0 Å². The number of aryl methyl sites for hydroxylation is 1. The van der Waals surface area contributed by atoms with Gasteiger partial charge in [-0.3, -0.25) is 9.48 Å². The maximum atomic E-state index is 12.7. The molecule has 2 heterocycles. The van der Waals surface area contributed by atoms with E-state index in [9.17, 15) is 4.79 Å². The largest absolute Gasteiger partial charge is 0.494 e. The second-order valence-corrected chi connectivity index (χ2v) is 6.38. The number of nitrogens with one attached hydrogen (secondary N) is 1. The first-order valence-corrected chi connectivity index (χ1v) is 8.95. The Morgan fingerprint density at radius 1 is 1.17 bits per heavy atom. The van der Waals surface area contributed by atoms with E-state index in [-0.39, 0.29) is 5.91 Å². The van der Waals surface area contributed by atoms with Gasteiger partial charge in [0.2, 0.25) is 0 Å². The van der Waals surface area contributed by atoms with E-state index in [2.05, 4.69) is 25.9 Å². The molecule has 0 bridgehead atoms. The van der Waals surface area contributed by atoms with E-state index in [0.717, 1.165) is 5.56 Å². The molecule has 0 radical (unpaired) electrons. The molecular formula is C20H19N7O2. The number of nitrogens with zero attached hydrogens (tertiary/aromatic N) is 6. The average Bonchev–Trinajstić information content (AvgIpc) is 3.40. The summed E-state index contributed by atoms with van der Waals surface area (Å²) in [4.78, 5) is 12.7. The van der Waals surface area contributed by atoms with Crippen molar-refractivity contribution in [2.75, 3.05) is 12.4 Å². The van der Waals surface area contributed by atoms with Crippen LogP contribution in [-0.4, -0.2) is 43.0 Å². The Bertz CT molecular complexity index is 1120. The van der Waals surface area contributed by atoms with Crippen molar-refractivity contribution in [3.05, 3.63) is 77.9 Å². The number of carbonyl (C=O) groups is 1. The molecule has 0 saturated carbocycles. The van der Waals surface area contributed by atoms with Gasteiger partial charge in [0.05, 0.1) is 13.7 Å². The molecule has 0 spiro atoms. The zero-order valence-electron chi connectivity index (χ0n) is 16.0. The van der Waals surface area contributed by atoms with E-state index in [0.29, 0.717) is 35.1 Å². The number of anilines is 1. The van der Waals surface area contributed by atoms with Crippen LogP contribution in [0, 0.1) is 6.92 Å². The maximum absolute atomic E-state index is 12.7. The summed E-state index contributed by atoms with van der Waals surface area (Å²) in [6.07, 6.45) is 3.63. The monoisotopic (exact) mass is 389 g/mol. The van der Waals surface area contributed by atoms with Crippen LogP contribution < -0.4 is 10.1 Å². The number of methoxy groups -OCH3 is 1. The average molecular weight is 389 g/mol. The predicted octanol–water partition coefficient (Wildman–Crippen LogP) is 2.48. The molecule has 0 unspecified atom stereocenters. The van der Waals surface area contributed by atoms with Crippen LogP contribution in [0.5, 0.6) is 5.75 Å². The summed E-state index contributed by atoms with van der Waals surface area (Å²) in [5, 5.41) is 18.6. The Balaban J connectivity index is 1.51. The number of rotatable bonds is 6. The van der Waals surface area contributed by atoms with Gasteiger partial charge in [-0.05, 0) is 59.3 Å². The summed E-state index contributed by atoms with van der Waals surface area (Å²) >= 11 is 0. The highest BCUT2D eigenvalue weighted by atomic mass is 16.5. The second kappa shape index (κ2) is 7.93. The summed E-state index contributed by atoms with van der Waals surface area (Å²) in [5.41, 5.74) is 2.88. The highest BCUT2D eigenvalue weighted by molar-refractivity contribution is 6.04. The molecule has 0 aliphatic rings. The van der Waals surface area contributed by atoms with E-state index in [1.165, 1.54) is 0 Å². The lowest BCUT2D eigenvalue weighted by Crippen LogP contribution is -2.13. The van der Waals surface area contributed by atoms with Crippen LogP contribution in [0.25, 0.3) is 5.69 Å². The molecule has 0 aliphatic heterocycles. The van der Waals surface area contributed by atoms with E-state index in [1.807, 2.05) is 29.1 Å². The predicted molar refractivity (Wildman–Crippen MR) is 106 cm³/mol. The second-order valence-electron chi connectivity index (χ2n) is 6.38. The molecule has 0 aliphatic carbocycles. The summed E-state index contributed by atoms with van der Waals surface area (Å²) in [6, 6.07) is 14.6. The van der Waals surface area contributed by atoms with E-state index in [4.69, 9.17) is 4.74 Å². The van der Waals surface area contributed by atoms with Crippen LogP contribution in [0.3, 0.4) is 0 Å². The van der Waals surface area contributed by atoms with Gasteiger partial charge in [0.25, 0.3) is 5.91 Å². The minimum Gasteiger partial charge on any atom is -0.494 e. The van der Waals surface area contributed by atoms with Crippen LogP contribution >= 0.6 is 0 Å². The zero-order valence-corrected chi connectivity index (χ0v) is 16.0. The van der Waals surface area contributed by atoms with Gasteiger partial charge in [-0.1, -0.05) is 12.1 Å². The Hall–Kier alpha value is -4.01. The Morgan fingerprint density at radius 2 is 2.00 bits per heavy atom. The third kappa shape index (κ3) is 3.98. The molecule has 0 atom stereocenters. The number of tetrazole rings is 1. The molecule has 4 rings (SSSR count). The Kier molecular flexibility index (Phi) is 5.02. The Morgan fingerprint density at radius 3 is 2.66 bits per heavy atom. The zero-order chi connectivity index (χ0) is 20.2. The van der Waals surface area contributed by atoms with E-state index < -0.39 is 0 Å². The maximum Gasteiger partial charge on any atom is 0.255 e.